The van der Waals surface area contributed by atoms with Crippen LogP contribution in [0.3, 0.4) is 0 Å². The van der Waals surface area contributed by atoms with Crippen molar-refractivity contribution < 1.29 is 9.59 Å². The number of thiocarbonyl (C=S) groups is 1. The molecule has 3 aromatic rings. The van der Waals surface area contributed by atoms with Gasteiger partial charge in [-0.2, -0.15) is 0 Å². The van der Waals surface area contributed by atoms with Gasteiger partial charge in [-0.1, -0.05) is 18.2 Å². The fourth-order valence-electron chi connectivity index (χ4n) is 3.97. The van der Waals surface area contributed by atoms with Gasteiger partial charge in [0.2, 0.25) is 0 Å². The average molecular weight is 473 g/mol. The molecule has 2 amide bonds. The maximum atomic E-state index is 13.4. The van der Waals surface area contributed by atoms with Crippen molar-refractivity contribution in [3.63, 3.8) is 0 Å². The number of aromatic nitrogens is 2. The monoisotopic (exact) mass is 472 g/mol. The van der Waals surface area contributed by atoms with Crippen LogP contribution in [0.5, 0.6) is 0 Å². The second-order valence-electron chi connectivity index (χ2n) is 8.61. The predicted octanol–water partition coefficient (Wildman–Crippen LogP) is 4.13. The highest BCUT2D eigenvalue weighted by Crippen LogP contribution is 2.37. The Labute approximate surface area is 203 Å². The molecule has 0 atom stereocenters. The molecule has 0 bridgehead atoms. The topological polar surface area (TPSA) is 74.8 Å². The Morgan fingerprint density at radius 3 is 2.44 bits per heavy atom. The van der Waals surface area contributed by atoms with Gasteiger partial charge in [-0.3, -0.25) is 14.5 Å². The molecule has 1 aliphatic heterocycles. The molecule has 1 N–H and O–H groups in total. The van der Waals surface area contributed by atoms with Crippen molar-refractivity contribution in [1.29, 1.82) is 0 Å². The first-order valence-corrected chi connectivity index (χ1v) is 11.1. The Morgan fingerprint density at radius 1 is 1.18 bits per heavy atom. The molecule has 9 heteroatoms. The molecule has 0 unspecified atom stereocenters. The van der Waals surface area contributed by atoms with Crippen LogP contribution in [-0.2, 0) is 18.4 Å². The van der Waals surface area contributed by atoms with E-state index < -0.39 is 5.54 Å². The van der Waals surface area contributed by atoms with Gasteiger partial charge in [0.05, 0.1) is 6.57 Å². The van der Waals surface area contributed by atoms with Crippen LogP contribution in [0.25, 0.3) is 4.85 Å². The maximum Gasteiger partial charge on any atom is 0.287 e. The third-order valence-corrected chi connectivity index (χ3v) is 6.26. The fraction of sp³-hybridized carbons (Fsp3) is 0.240. The lowest BCUT2D eigenvalue weighted by atomic mass is 10.0. The van der Waals surface area contributed by atoms with E-state index in [1.807, 2.05) is 56.0 Å². The van der Waals surface area contributed by atoms with Gasteiger partial charge in [-0.05, 0) is 68.4 Å². The molecule has 0 radical (unpaired) electrons. The van der Waals surface area contributed by atoms with E-state index in [1.54, 1.807) is 36.1 Å². The highest BCUT2D eigenvalue weighted by Gasteiger charge is 2.50. The van der Waals surface area contributed by atoms with Gasteiger partial charge in [0.1, 0.15) is 5.54 Å². The summed E-state index contributed by atoms with van der Waals surface area (Å²) >= 11 is 5.74. The minimum absolute atomic E-state index is 0.140. The van der Waals surface area contributed by atoms with Gasteiger partial charge in [0.15, 0.2) is 16.6 Å². The van der Waals surface area contributed by atoms with E-state index >= 15 is 0 Å². The summed E-state index contributed by atoms with van der Waals surface area (Å²) in [5.41, 5.74) is 2.77. The normalized spacial score (nSPS) is 14.9. The first-order valence-electron chi connectivity index (χ1n) is 10.7. The summed E-state index contributed by atoms with van der Waals surface area (Å²) in [6, 6.07) is 12.8. The largest absolute Gasteiger partial charge is 0.345 e. The highest BCUT2D eigenvalue weighted by atomic mass is 32.1. The van der Waals surface area contributed by atoms with E-state index in [-0.39, 0.29) is 11.8 Å². The number of anilines is 2. The summed E-state index contributed by atoms with van der Waals surface area (Å²) in [6.45, 7) is 13.1. The predicted molar refractivity (Wildman–Crippen MR) is 135 cm³/mol. The van der Waals surface area contributed by atoms with Crippen molar-refractivity contribution in [3.05, 3.63) is 83.2 Å². The lowest BCUT2D eigenvalue weighted by Gasteiger charge is -2.29. The van der Waals surface area contributed by atoms with Gasteiger partial charge in [0, 0.05) is 37.4 Å². The molecule has 8 nitrogen and oxygen atoms in total. The standard InChI is InChI=1S/C25H24N6O2S/c1-16-14-19(10-11-20(16)26-4)30-23(33)25(2,3)31(24(30)34)18-8-6-17(7-9-18)15-28-22(32)21-27-12-13-29(21)5/h6-14H,15H2,1-3,5H3,(H,28,32). The lowest BCUT2D eigenvalue weighted by molar-refractivity contribution is -0.120. The number of benzene rings is 2. The summed E-state index contributed by atoms with van der Waals surface area (Å²) in [6.07, 6.45) is 3.30. The highest BCUT2D eigenvalue weighted by molar-refractivity contribution is 7.81. The number of rotatable bonds is 5. The van der Waals surface area contributed by atoms with Crippen molar-refractivity contribution in [2.45, 2.75) is 32.9 Å². The molecular weight excluding hydrogens is 448 g/mol. The molecule has 1 aromatic heterocycles. The molecule has 172 valence electrons. The molecule has 0 spiro atoms. The van der Waals surface area contributed by atoms with Crippen LogP contribution < -0.4 is 15.1 Å². The van der Waals surface area contributed by atoms with Gasteiger partial charge < -0.3 is 14.8 Å². The molecule has 2 aromatic carbocycles. The Hall–Kier alpha value is -4.03. The summed E-state index contributed by atoms with van der Waals surface area (Å²) in [5, 5.41) is 3.24. The third kappa shape index (κ3) is 3.93. The molecule has 0 saturated carbocycles. The van der Waals surface area contributed by atoms with Gasteiger partial charge in [-0.15, -0.1) is 0 Å². The first-order chi connectivity index (χ1) is 16.1. The first kappa shape index (κ1) is 23.1. The summed E-state index contributed by atoms with van der Waals surface area (Å²) in [5.74, 6) is -0.0443. The van der Waals surface area contributed by atoms with Crippen LogP contribution in [0.2, 0.25) is 0 Å². The number of amides is 2. The van der Waals surface area contributed by atoms with Gasteiger partial charge >= 0.3 is 0 Å². The summed E-state index contributed by atoms with van der Waals surface area (Å²) in [7, 11) is 1.77. The van der Waals surface area contributed by atoms with Crippen LogP contribution in [0.1, 0.15) is 35.6 Å². The molecule has 1 saturated heterocycles. The van der Waals surface area contributed by atoms with E-state index in [0.717, 1.165) is 16.8 Å². The van der Waals surface area contributed by atoms with Crippen LogP contribution in [0.4, 0.5) is 17.1 Å². The summed E-state index contributed by atoms with van der Waals surface area (Å²) < 4.78 is 1.66. The van der Waals surface area contributed by atoms with Crippen LogP contribution in [0, 0.1) is 13.5 Å². The van der Waals surface area contributed by atoms with Crippen LogP contribution in [-0.4, -0.2) is 32.0 Å². The third-order valence-electron chi connectivity index (χ3n) is 5.90. The van der Waals surface area contributed by atoms with E-state index in [2.05, 4.69) is 15.1 Å². The number of hydrogen-bond acceptors (Lipinski definition) is 4. The number of nitrogens with zero attached hydrogens (tertiary/aromatic N) is 5. The van der Waals surface area contributed by atoms with Crippen LogP contribution in [0.15, 0.2) is 54.9 Å². The minimum Gasteiger partial charge on any atom is -0.345 e. The second kappa shape index (κ2) is 8.72. The summed E-state index contributed by atoms with van der Waals surface area (Å²) in [4.78, 5) is 36.6. The quantitative estimate of drug-likeness (QED) is 0.447. The number of aryl methyl sites for hydroxylation is 2. The van der Waals surface area contributed by atoms with E-state index in [1.165, 1.54) is 4.90 Å². The second-order valence-corrected chi connectivity index (χ2v) is 8.98. The number of imidazole rings is 1. The smallest absolute Gasteiger partial charge is 0.287 e. The molecule has 4 rings (SSSR count). The molecular formula is C25H24N6O2S. The number of nitrogens with one attached hydrogen (secondary N) is 1. The molecule has 1 aliphatic rings. The fourth-order valence-corrected chi connectivity index (χ4v) is 4.49. The zero-order chi connectivity index (χ0) is 24.6. The Kier molecular flexibility index (Phi) is 5.94. The van der Waals surface area contributed by atoms with Crippen molar-refractivity contribution in [1.82, 2.24) is 14.9 Å². The molecule has 0 aliphatic carbocycles. The van der Waals surface area contributed by atoms with E-state index in [4.69, 9.17) is 18.8 Å². The van der Waals surface area contributed by atoms with Crippen molar-refractivity contribution in [2.24, 2.45) is 7.05 Å². The van der Waals surface area contributed by atoms with Crippen molar-refractivity contribution >= 4 is 46.2 Å². The van der Waals surface area contributed by atoms with Crippen molar-refractivity contribution in [3.8, 4) is 0 Å². The van der Waals surface area contributed by atoms with Crippen molar-refractivity contribution in [2.75, 3.05) is 9.80 Å². The molecule has 1 fully saturated rings. The molecule has 34 heavy (non-hydrogen) atoms. The van der Waals surface area contributed by atoms with Gasteiger partial charge in [0.25, 0.3) is 11.8 Å². The minimum atomic E-state index is -0.891. The SMILES string of the molecule is [C-]#[N+]c1ccc(N2C(=O)C(C)(C)N(c3ccc(CNC(=O)c4nccn4C)cc3)C2=S)cc1C. The number of hydrogen-bond donors (Lipinski definition) is 1. The Morgan fingerprint density at radius 2 is 1.85 bits per heavy atom. The zero-order valence-electron chi connectivity index (χ0n) is 19.4. The lowest BCUT2D eigenvalue weighted by Crippen LogP contribution is -2.44. The van der Waals surface area contributed by atoms with Crippen LogP contribution >= 0.6 is 12.2 Å². The Bertz CT molecular complexity index is 1340. The Balaban J connectivity index is 1.54. The van der Waals surface area contributed by atoms with Gasteiger partial charge in [-0.25, -0.2) is 9.83 Å². The molecule has 2 heterocycles. The number of carbonyl (C=O) groups is 2. The average Bonchev–Trinajstić information content (AvgIpc) is 3.31. The van der Waals surface area contributed by atoms with E-state index in [9.17, 15) is 9.59 Å². The van der Waals surface area contributed by atoms with E-state index in [0.29, 0.717) is 28.9 Å². The zero-order valence-corrected chi connectivity index (χ0v) is 20.2. The number of carbonyl (C=O) groups excluding carboxylic acids is 2. The maximum absolute atomic E-state index is 13.4.